The van der Waals surface area contributed by atoms with Crippen LogP contribution in [0, 0.1) is 0 Å². The average Bonchev–Trinajstić information content (AvgIpc) is 3.29. The zero-order valence-electron chi connectivity index (χ0n) is 18.7. The van der Waals surface area contributed by atoms with Gasteiger partial charge in [-0.2, -0.15) is 0 Å². The molecule has 2 aliphatic heterocycles. The first kappa shape index (κ1) is 20.8. The van der Waals surface area contributed by atoms with Crippen LogP contribution in [0.25, 0.3) is 10.9 Å². The molecule has 0 radical (unpaired) electrons. The summed E-state index contributed by atoms with van der Waals surface area (Å²) in [5.74, 6) is 1.99. The maximum absolute atomic E-state index is 13.4. The van der Waals surface area contributed by atoms with E-state index in [1.165, 1.54) is 6.42 Å². The summed E-state index contributed by atoms with van der Waals surface area (Å²) in [6, 6.07) is 5.36. The molecule has 0 spiro atoms. The van der Waals surface area contributed by atoms with Crippen molar-refractivity contribution in [2.24, 2.45) is 0 Å². The van der Waals surface area contributed by atoms with Crippen LogP contribution in [-0.2, 0) is 19.5 Å². The van der Waals surface area contributed by atoms with E-state index in [-0.39, 0.29) is 17.4 Å². The summed E-state index contributed by atoms with van der Waals surface area (Å²) in [7, 11) is 0. The van der Waals surface area contributed by atoms with Crippen LogP contribution in [0.2, 0.25) is 0 Å². The molecule has 0 aliphatic carbocycles. The fourth-order valence-electron chi connectivity index (χ4n) is 5.11. The van der Waals surface area contributed by atoms with Crippen LogP contribution in [0.5, 0.6) is 0 Å². The maximum atomic E-state index is 13.4. The van der Waals surface area contributed by atoms with Crippen molar-refractivity contribution < 1.29 is 4.79 Å². The summed E-state index contributed by atoms with van der Waals surface area (Å²) < 4.78 is 3.89. The number of aryl methyl sites for hydroxylation is 2. The van der Waals surface area contributed by atoms with Crippen LogP contribution in [0.15, 0.2) is 29.3 Å². The Kier molecular flexibility index (Phi) is 5.76. The number of amides is 1. The molecule has 0 saturated carbocycles. The van der Waals surface area contributed by atoms with Crippen LogP contribution >= 0.6 is 0 Å². The standard InChI is InChI=1S/C24H30N6O2/c1-2-28-16-25-27-22(28)18-8-7-12-29(15-18)23(31)17-10-11-19-20(14-17)26-21-9-5-3-4-6-13-30(21)24(19)32/h10-11,14,16,18H,2-9,12-13,15H2,1H3. The molecular weight excluding hydrogens is 404 g/mol. The van der Waals surface area contributed by atoms with Crippen LogP contribution in [0.3, 0.4) is 0 Å². The van der Waals surface area contributed by atoms with E-state index in [9.17, 15) is 9.59 Å². The van der Waals surface area contributed by atoms with Crippen molar-refractivity contribution in [3.63, 3.8) is 0 Å². The number of piperidine rings is 1. The molecule has 1 unspecified atom stereocenters. The van der Waals surface area contributed by atoms with E-state index in [4.69, 9.17) is 4.98 Å². The number of likely N-dealkylation sites (tertiary alicyclic amines) is 1. The number of fused-ring (bicyclic) bond motifs is 2. The number of hydrogen-bond acceptors (Lipinski definition) is 5. The van der Waals surface area contributed by atoms with Crippen molar-refractivity contribution in [1.82, 2.24) is 29.2 Å². The van der Waals surface area contributed by atoms with Crippen molar-refractivity contribution in [1.29, 1.82) is 0 Å². The second-order valence-electron chi connectivity index (χ2n) is 8.95. The lowest BCUT2D eigenvalue weighted by molar-refractivity contribution is 0.0703. The van der Waals surface area contributed by atoms with Gasteiger partial charge in [0.1, 0.15) is 18.0 Å². The maximum Gasteiger partial charge on any atom is 0.261 e. The summed E-state index contributed by atoms with van der Waals surface area (Å²) >= 11 is 0. The van der Waals surface area contributed by atoms with E-state index in [1.807, 2.05) is 9.47 Å². The van der Waals surface area contributed by atoms with Gasteiger partial charge in [-0.25, -0.2) is 4.98 Å². The van der Waals surface area contributed by atoms with Gasteiger partial charge in [-0.3, -0.25) is 14.2 Å². The predicted molar refractivity (Wildman–Crippen MR) is 122 cm³/mol. The van der Waals surface area contributed by atoms with E-state index in [1.54, 1.807) is 24.5 Å². The van der Waals surface area contributed by atoms with Crippen molar-refractivity contribution in [2.75, 3.05) is 13.1 Å². The third kappa shape index (κ3) is 3.82. The Morgan fingerprint density at radius 3 is 2.88 bits per heavy atom. The first-order valence-corrected chi connectivity index (χ1v) is 11.9. The van der Waals surface area contributed by atoms with Crippen LogP contribution in [0.1, 0.15) is 73.4 Å². The van der Waals surface area contributed by atoms with E-state index < -0.39 is 0 Å². The topological polar surface area (TPSA) is 85.9 Å². The summed E-state index contributed by atoms with van der Waals surface area (Å²) in [5, 5.41) is 8.96. The molecule has 8 nitrogen and oxygen atoms in total. The quantitative estimate of drug-likeness (QED) is 0.632. The molecule has 0 N–H and O–H groups in total. The van der Waals surface area contributed by atoms with Gasteiger partial charge < -0.3 is 9.47 Å². The fourth-order valence-corrected chi connectivity index (χ4v) is 5.11. The highest BCUT2D eigenvalue weighted by atomic mass is 16.2. The van der Waals surface area contributed by atoms with E-state index in [0.717, 1.165) is 69.8 Å². The van der Waals surface area contributed by atoms with Crippen molar-refractivity contribution >= 4 is 16.8 Å². The smallest absolute Gasteiger partial charge is 0.261 e. The Bertz CT molecular complexity index is 1200. The largest absolute Gasteiger partial charge is 0.338 e. The number of carbonyl (C=O) groups excluding carboxylic acids is 1. The number of carbonyl (C=O) groups is 1. The number of aromatic nitrogens is 5. The van der Waals surface area contributed by atoms with Gasteiger partial charge in [0.2, 0.25) is 0 Å². The van der Waals surface area contributed by atoms with Crippen LogP contribution < -0.4 is 5.56 Å². The predicted octanol–water partition coefficient (Wildman–Crippen LogP) is 3.14. The summed E-state index contributed by atoms with van der Waals surface area (Å²) in [6.07, 6.45) is 8.91. The van der Waals surface area contributed by atoms with Crippen LogP contribution in [0.4, 0.5) is 0 Å². The molecule has 32 heavy (non-hydrogen) atoms. The molecule has 0 bridgehead atoms. The Morgan fingerprint density at radius 2 is 2.00 bits per heavy atom. The molecule has 1 amide bonds. The van der Waals surface area contributed by atoms with Gasteiger partial charge in [-0.15, -0.1) is 10.2 Å². The fraction of sp³-hybridized carbons (Fsp3) is 0.542. The highest BCUT2D eigenvalue weighted by molar-refractivity contribution is 5.97. The third-order valence-corrected chi connectivity index (χ3v) is 6.87. The Hall–Kier alpha value is -3.03. The summed E-state index contributed by atoms with van der Waals surface area (Å²) in [4.78, 5) is 33.1. The highest BCUT2D eigenvalue weighted by Gasteiger charge is 2.28. The van der Waals surface area contributed by atoms with Gasteiger partial charge >= 0.3 is 0 Å². The van der Waals surface area contributed by atoms with Crippen LogP contribution in [-0.4, -0.2) is 48.2 Å². The lowest BCUT2D eigenvalue weighted by Gasteiger charge is -2.32. The molecule has 1 saturated heterocycles. The Labute approximate surface area is 187 Å². The number of benzene rings is 1. The van der Waals surface area contributed by atoms with Crippen molar-refractivity contribution in [3.8, 4) is 0 Å². The molecule has 5 rings (SSSR count). The third-order valence-electron chi connectivity index (χ3n) is 6.87. The van der Waals surface area contributed by atoms with Gasteiger partial charge in [-0.1, -0.05) is 12.8 Å². The van der Waals surface area contributed by atoms with E-state index >= 15 is 0 Å². The Morgan fingerprint density at radius 1 is 1.12 bits per heavy atom. The second kappa shape index (κ2) is 8.84. The minimum absolute atomic E-state index is 0.00666. The number of nitrogens with zero attached hydrogens (tertiary/aromatic N) is 6. The van der Waals surface area contributed by atoms with Crippen molar-refractivity contribution in [2.45, 2.75) is 70.9 Å². The zero-order valence-corrected chi connectivity index (χ0v) is 18.7. The van der Waals surface area contributed by atoms with Gasteiger partial charge in [0.15, 0.2) is 0 Å². The molecule has 3 aromatic rings. The average molecular weight is 435 g/mol. The first-order valence-electron chi connectivity index (χ1n) is 11.9. The summed E-state index contributed by atoms with van der Waals surface area (Å²) in [6.45, 7) is 4.99. The lowest BCUT2D eigenvalue weighted by atomic mass is 9.96. The first-order chi connectivity index (χ1) is 15.7. The lowest BCUT2D eigenvalue weighted by Crippen LogP contribution is -2.39. The van der Waals surface area contributed by atoms with E-state index in [2.05, 4.69) is 21.7 Å². The van der Waals surface area contributed by atoms with Gasteiger partial charge in [0.05, 0.1) is 10.9 Å². The molecule has 1 aromatic carbocycles. The minimum Gasteiger partial charge on any atom is -0.338 e. The minimum atomic E-state index is -0.00666. The molecule has 168 valence electrons. The van der Waals surface area contributed by atoms with Gasteiger partial charge in [0, 0.05) is 44.1 Å². The molecule has 4 heterocycles. The second-order valence-corrected chi connectivity index (χ2v) is 8.95. The van der Waals surface area contributed by atoms with Gasteiger partial charge in [-0.05, 0) is 50.8 Å². The molecular formula is C24H30N6O2. The molecule has 1 fully saturated rings. The van der Waals surface area contributed by atoms with Crippen molar-refractivity contribution in [3.05, 3.63) is 52.1 Å². The SMILES string of the molecule is CCn1cnnc1C1CCCN(C(=O)c2ccc3c(=O)n4c(nc3c2)CCCCCC4)C1. The molecule has 1 atom stereocenters. The normalized spacial score (nSPS) is 19.4. The van der Waals surface area contributed by atoms with Gasteiger partial charge in [0.25, 0.3) is 11.5 Å². The summed E-state index contributed by atoms with van der Waals surface area (Å²) in [5.41, 5.74) is 1.24. The monoisotopic (exact) mass is 434 g/mol. The zero-order chi connectivity index (χ0) is 22.1. The highest BCUT2D eigenvalue weighted by Crippen LogP contribution is 2.27. The van der Waals surface area contributed by atoms with E-state index in [0.29, 0.717) is 23.0 Å². The number of hydrogen-bond donors (Lipinski definition) is 0. The molecule has 2 aliphatic rings. The molecule has 8 heteroatoms. The number of rotatable bonds is 3. The molecule has 2 aromatic heterocycles. The Balaban J connectivity index is 1.43.